The summed E-state index contributed by atoms with van der Waals surface area (Å²) in [5.74, 6) is 0.0377. The van der Waals surface area contributed by atoms with E-state index in [0.29, 0.717) is 25.7 Å². The van der Waals surface area contributed by atoms with Crippen molar-refractivity contribution in [1.29, 1.82) is 0 Å². The lowest BCUT2D eigenvalue weighted by atomic mass is 9.92. The zero-order valence-electron chi connectivity index (χ0n) is 10.8. The average molecular weight is 244 g/mol. The molecule has 0 unspecified atom stereocenters. The molecule has 0 bridgehead atoms. The summed E-state index contributed by atoms with van der Waals surface area (Å²) < 4.78 is 4.87. The van der Waals surface area contributed by atoms with Gasteiger partial charge in [-0.1, -0.05) is 0 Å². The molecule has 17 heavy (non-hydrogen) atoms. The minimum absolute atomic E-state index is 0.0377. The molecule has 1 aliphatic rings. The van der Waals surface area contributed by atoms with Crippen molar-refractivity contribution in [2.75, 3.05) is 33.9 Å². The average Bonchev–Trinajstić information content (AvgIpc) is 2.30. The standard InChI is InChI=1S/C12H24N2O3/c1-14(9-12(16)13-7-8-17-2)10-3-5-11(15)6-4-10/h10-11,15H,3-9H2,1-2H3,(H,13,16). The van der Waals surface area contributed by atoms with Crippen molar-refractivity contribution in [2.45, 2.75) is 37.8 Å². The quantitative estimate of drug-likeness (QED) is 0.645. The summed E-state index contributed by atoms with van der Waals surface area (Å²) in [7, 11) is 3.59. The van der Waals surface area contributed by atoms with E-state index in [1.54, 1.807) is 7.11 Å². The Morgan fingerprint density at radius 2 is 2.06 bits per heavy atom. The first-order chi connectivity index (χ1) is 8.13. The maximum Gasteiger partial charge on any atom is 0.234 e. The second-order valence-corrected chi connectivity index (χ2v) is 4.72. The van der Waals surface area contributed by atoms with Crippen molar-refractivity contribution in [1.82, 2.24) is 10.2 Å². The molecule has 0 aromatic rings. The van der Waals surface area contributed by atoms with Crippen molar-refractivity contribution in [3.05, 3.63) is 0 Å². The summed E-state index contributed by atoms with van der Waals surface area (Å²) in [5.41, 5.74) is 0. The van der Waals surface area contributed by atoms with Gasteiger partial charge in [0.1, 0.15) is 0 Å². The van der Waals surface area contributed by atoms with E-state index in [1.165, 1.54) is 0 Å². The first-order valence-corrected chi connectivity index (χ1v) is 6.27. The highest BCUT2D eigenvalue weighted by molar-refractivity contribution is 5.77. The van der Waals surface area contributed by atoms with E-state index in [4.69, 9.17) is 4.74 Å². The highest BCUT2D eigenvalue weighted by atomic mass is 16.5. The molecule has 1 fully saturated rings. The van der Waals surface area contributed by atoms with Gasteiger partial charge < -0.3 is 15.2 Å². The lowest BCUT2D eigenvalue weighted by Crippen LogP contribution is -2.43. The number of hydrogen-bond acceptors (Lipinski definition) is 4. The SMILES string of the molecule is COCCNC(=O)CN(C)C1CCC(O)CC1. The summed E-state index contributed by atoms with van der Waals surface area (Å²) in [6.07, 6.45) is 3.50. The van der Waals surface area contributed by atoms with Gasteiger partial charge >= 0.3 is 0 Å². The van der Waals surface area contributed by atoms with Gasteiger partial charge in [0.2, 0.25) is 5.91 Å². The van der Waals surface area contributed by atoms with E-state index in [9.17, 15) is 9.90 Å². The highest BCUT2D eigenvalue weighted by Crippen LogP contribution is 2.21. The normalized spacial score (nSPS) is 24.9. The van der Waals surface area contributed by atoms with Crippen LogP contribution in [-0.2, 0) is 9.53 Å². The number of rotatable bonds is 6. The third-order valence-electron chi connectivity index (χ3n) is 3.31. The molecule has 0 heterocycles. The number of aliphatic hydroxyl groups is 1. The molecule has 1 saturated carbocycles. The third kappa shape index (κ3) is 5.48. The Morgan fingerprint density at radius 1 is 1.41 bits per heavy atom. The van der Waals surface area contributed by atoms with Crippen LogP contribution in [0.25, 0.3) is 0 Å². The van der Waals surface area contributed by atoms with Crippen molar-refractivity contribution < 1.29 is 14.6 Å². The van der Waals surface area contributed by atoms with Crippen molar-refractivity contribution in [2.24, 2.45) is 0 Å². The predicted octanol–water partition coefficient (Wildman–Crippen LogP) is -0.0157. The number of ether oxygens (including phenoxy) is 1. The molecule has 0 aromatic carbocycles. The van der Waals surface area contributed by atoms with Gasteiger partial charge in [0.25, 0.3) is 0 Å². The summed E-state index contributed by atoms with van der Waals surface area (Å²) in [4.78, 5) is 13.7. The van der Waals surface area contributed by atoms with E-state index in [-0.39, 0.29) is 12.0 Å². The van der Waals surface area contributed by atoms with Crippen LogP contribution in [0.15, 0.2) is 0 Å². The maximum atomic E-state index is 11.6. The van der Waals surface area contributed by atoms with Crippen LogP contribution in [0.5, 0.6) is 0 Å². The highest BCUT2D eigenvalue weighted by Gasteiger charge is 2.23. The Balaban J connectivity index is 2.19. The summed E-state index contributed by atoms with van der Waals surface area (Å²) >= 11 is 0. The minimum atomic E-state index is -0.143. The fraction of sp³-hybridized carbons (Fsp3) is 0.917. The van der Waals surface area contributed by atoms with Crippen LogP contribution in [-0.4, -0.2) is 61.9 Å². The van der Waals surface area contributed by atoms with Gasteiger partial charge in [0.15, 0.2) is 0 Å². The van der Waals surface area contributed by atoms with E-state index in [0.717, 1.165) is 25.7 Å². The van der Waals surface area contributed by atoms with Crippen LogP contribution >= 0.6 is 0 Å². The maximum absolute atomic E-state index is 11.6. The Kier molecular flexibility index (Phi) is 6.47. The molecule has 0 radical (unpaired) electrons. The number of amides is 1. The molecule has 0 aromatic heterocycles. The van der Waals surface area contributed by atoms with E-state index < -0.39 is 0 Å². The molecule has 0 aliphatic heterocycles. The molecular weight excluding hydrogens is 220 g/mol. The molecule has 0 saturated heterocycles. The molecule has 0 atom stereocenters. The van der Waals surface area contributed by atoms with Crippen LogP contribution in [0.4, 0.5) is 0 Å². The number of carbonyl (C=O) groups is 1. The zero-order valence-corrected chi connectivity index (χ0v) is 10.8. The topological polar surface area (TPSA) is 61.8 Å². The number of methoxy groups -OCH3 is 1. The largest absolute Gasteiger partial charge is 0.393 e. The zero-order chi connectivity index (χ0) is 12.7. The van der Waals surface area contributed by atoms with Gasteiger partial charge in [-0.05, 0) is 32.7 Å². The van der Waals surface area contributed by atoms with Gasteiger partial charge in [-0.3, -0.25) is 9.69 Å². The molecule has 5 nitrogen and oxygen atoms in total. The second kappa shape index (κ2) is 7.63. The van der Waals surface area contributed by atoms with Gasteiger partial charge in [-0.2, -0.15) is 0 Å². The predicted molar refractivity (Wildman–Crippen MR) is 65.8 cm³/mol. The fourth-order valence-electron chi connectivity index (χ4n) is 2.20. The van der Waals surface area contributed by atoms with Crippen molar-refractivity contribution in [3.63, 3.8) is 0 Å². The van der Waals surface area contributed by atoms with Crippen LogP contribution in [0, 0.1) is 0 Å². The van der Waals surface area contributed by atoms with Gasteiger partial charge in [0, 0.05) is 19.7 Å². The Hall–Kier alpha value is -0.650. The van der Waals surface area contributed by atoms with Gasteiger partial charge in [0.05, 0.1) is 19.3 Å². The van der Waals surface area contributed by atoms with Crippen LogP contribution in [0.2, 0.25) is 0 Å². The monoisotopic (exact) mass is 244 g/mol. The minimum Gasteiger partial charge on any atom is -0.393 e. The Morgan fingerprint density at radius 3 is 2.65 bits per heavy atom. The van der Waals surface area contributed by atoms with E-state index in [1.807, 2.05) is 7.05 Å². The number of hydrogen-bond donors (Lipinski definition) is 2. The van der Waals surface area contributed by atoms with Crippen LogP contribution in [0.1, 0.15) is 25.7 Å². The number of likely N-dealkylation sites (N-methyl/N-ethyl adjacent to an activating group) is 1. The lowest BCUT2D eigenvalue weighted by Gasteiger charge is -2.32. The first-order valence-electron chi connectivity index (χ1n) is 6.27. The van der Waals surface area contributed by atoms with E-state index >= 15 is 0 Å². The Bertz CT molecular complexity index is 228. The second-order valence-electron chi connectivity index (χ2n) is 4.72. The first kappa shape index (κ1) is 14.4. The molecule has 0 spiro atoms. The number of nitrogens with zero attached hydrogens (tertiary/aromatic N) is 1. The smallest absolute Gasteiger partial charge is 0.234 e. The summed E-state index contributed by atoms with van der Waals surface area (Å²) in [6.45, 7) is 1.53. The fourth-order valence-corrected chi connectivity index (χ4v) is 2.20. The summed E-state index contributed by atoms with van der Waals surface area (Å²) in [5, 5.41) is 12.2. The number of aliphatic hydroxyl groups excluding tert-OH is 1. The Labute approximate surface area is 103 Å². The molecule has 5 heteroatoms. The molecule has 2 N–H and O–H groups in total. The van der Waals surface area contributed by atoms with Gasteiger partial charge in [-0.15, -0.1) is 0 Å². The number of nitrogens with one attached hydrogen (secondary N) is 1. The van der Waals surface area contributed by atoms with Gasteiger partial charge in [-0.25, -0.2) is 0 Å². The molecular formula is C12H24N2O3. The molecule has 100 valence electrons. The molecule has 1 rings (SSSR count). The van der Waals surface area contributed by atoms with Crippen molar-refractivity contribution in [3.8, 4) is 0 Å². The molecule has 1 amide bonds. The lowest BCUT2D eigenvalue weighted by molar-refractivity contribution is -0.122. The van der Waals surface area contributed by atoms with Crippen LogP contribution in [0.3, 0.4) is 0 Å². The molecule has 1 aliphatic carbocycles. The van der Waals surface area contributed by atoms with E-state index in [2.05, 4.69) is 10.2 Å². The third-order valence-corrected chi connectivity index (χ3v) is 3.31. The number of carbonyl (C=O) groups excluding carboxylic acids is 1. The summed E-state index contributed by atoms with van der Waals surface area (Å²) in [6, 6.07) is 0.423. The van der Waals surface area contributed by atoms with Crippen molar-refractivity contribution >= 4 is 5.91 Å². The van der Waals surface area contributed by atoms with Crippen LogP contribution < -0.4 is 5.32 Å².